The number of fused-ring (bicyclic) bond motifs is 1. The number of halogens is 1. The van der Waals surface area contributed by atoms with Crippen molar-refractivity contribution >= 4 is 39.3 Å². The summed E-state index contributed by atoms with van der Waals surface area (Å²) in [6, 6.07) is 10.6. The van der Waals surface area contributed by atoms with Crippen molar-refractivity contribution in [2.75, 3.05) is 6.54 Å². The molecule has 3 rings (SSSR count). The number of hydrogen-bond donors (Lipinski definition) is 2. The third-order valence-electron chi connectivity index (χ3n) is 6.79. The van der Waals surface area contributed by atoms with Gasteiger partial charge >= 0.3 is 5.97 Å². The molecule has 5 heteroatoms. The van der Waals surface area contributed by atoms with Crippen LogP contribution in [0.1, 0.15) is 65.4 Å². The van der Waals surface area contributed by atoms with Gasteiger partial charge in [0.15, 0.2) is 0 Å². The fraction of sp³-hybridized carbons (Fsp3) is 0.577. The number of ether oxygens (including phenoxy) is 1. The Balaban J connectivity index is 1.80. The van der Waals surface area contributed by atoms with E-state index in [-0.39, 0.29) is 12.0 Å². The molecule has 1 saturated carbocycles. The van der Waals surface area contributed by atoms with Crippen LogP contribution in [0, 0.1) is 20.8 Å². The van der Waals surface area contributed by atoms with E-state index in [1.54, 1.807) is 0 Å². The second kappa shape index (κ2) is 10.5. The van der Waals surface area contributed by atoms with Crippen LogP contribution in [0.2, 0.25) is 0 Å². The van der Waals surface area contributed by atoms with Crippen molar-refractivity contribution in [3.05, 3.63) is 39.5 Å². The molecular weight excluding hydrogens is 501 g/mol. The third-order valence-corrected chi connectivity index (χ3v) is 7.68. The Hall–Kier alpha value is -1.34. The quantitative estimate of drug-likeness (QED) is 0.372. The van der Waals surface area contributed by atoms with Gasteiger partial charge in [-0.2, -0.15) is 0 Å². The minimum absolute atomic E-state index is 0.247. The summed E-state index contributed by atoms with van der Waals surface area (Å²) in [6.07, 6.45) is 5.48. The Labute approximate surface area is 200 Å². The van der Waals surface area contributed by atoms with Gasteiger partial charge in [0.25, 0.3) is 0 Å². The SMILES string of the molecule is CCC(CNCc1c(OC2CCC(C(C)(C)C)CC2)cc(I)c2ccccc12)C(=O)O. The van der Waals surface area contributed by atoms with Crippen LogP contribution >= 0.6 is 22.6 Å². The van der Waals surface area contributed by atoms with Crippen molar-refractivity contribution in [1.82, 2.24) is 5.32 Å². The van der Waals surface area contributed by atoms with Gasteiger partial charge in [-0.25, -0.2) is 0 Å². The summed E-state index contributed by atoms with van der Waals surface area (Å²) in [5.74, 6) is 0.590. The zero-order valence-corrected chi connectivity index (χ0v) is 21.4. The first-order valence-corrected chi connectivity index (χ1v) is 12.6. The molecule has 0 radical (unpaired) electrons. The molecule has 0 heterocycles. The maximum atomic E-state index is 11.4. The number of benzene rings is 2. The summed E-state index contributed by atoms with van der Waals surface area (Å²) in [4.78, 5) is 11.4. The molecular formula is C26H36INO3. The van der Waals surface area contributed by atoms with E-state index in [0.717, 1.165) is 30.1 Å². The monoisotopic (exact) mass is 537 g/mol. The van der Waals surface area contributed by atoms with Gasteiger partial charge in [-0.1, -0.05) is 52.0 Å². The molecule has 31 heavy (non-hydrogen) atoms. The van der Waals surface area contributed by atoms with Gasteiger partial charge in [0.1, 0.15) is 5.75 Å². The fourth-order valence-corrected chi connectivity index (χ4v) is 5.41. The van der Waals surface area contributed by atoms with Crippen molar-refractivity contribution in [3.63, 3.8) is 0 Å². The van der Waals surface area contributed by atoms with E-state index in [1.807, 2.05) is 6.92 Å². The molecule has 2 aromatic carbocycles. The summed E-state index contributed by atoms with van der Waals surface area (Å²) < 4.78 is 7.79. The lowest BCUT2D eigenvalue weighted by Crippen LogP contribution is -2.31. The first-order chi connectivity index (χ1) is 14.7. The maximum Gasteiger partial charge on any atom is 0.307 e. The van der Waals surface area contributed by atoms with Crippen LogP contribution in [0.3, 0.4) is 0 Å². The molecule has 1 aliphatic carbocycles. The van der Waals surface area contributed by atoms with E-state index in [4.69, 9.17) is 4.74 Å². The van der Waals surface area contributed by atoms with E-state index >= 15 is 0 Å². The smallest absolute Gasteiger partial charge is 0.307 e. The number of carbonyl (C=O) groups is 1. The highest BCUT2D eigenvalue weighted by molar-refractivity contribution is 14.1. The Kier molecular flexibility index (Phi) is 8.25. The molecule has 1 aliphatic rings. The van der Waals surface area contributed by atoms with Crippen LogP contribution in [0.15, 0.2) is 30.3 Å². The first-order valence-electron chi connectivity index (χ1n) is 11.5. The van der Waals surface area contributed by atoms with Crippen LogP contribution < -0.4 is 10.1 Å². The normalized spacial score (nSPS) is 20.5. The standard InChI is InChI=1S/C26H36INO3/c1-5-17(25(29)30)15-28-16-22-20-8-6-7-9-21(20)23(27)14-24(22)31-19-12-10-18(11-13-19)26(2,3)4/h6-9,14,17-19,28H,5,10-13,15-16H2,1-4H3,(H,29,30). The predicted octanol–water partition coefficient (Wildman–Crippen LogP) is 6.63. The Morgan fingerprint density at radius 2 is 1.84 bits per heavy atom. The Morgan fingerprint density at radius 3 is 2.42 bits per heavy atom. The molecule has 2 N–H and O–H groups in total. The first kappa shape index (κ1) is 24.3. The second-order valence-electron chi connectivity index (χ2n) is 9.91. The molecule has 4 nitrogen and oxygen atoms in total. The summed E-state index contributed by atoms with van der Waals surface area (Å²) >= 11 is 2.39. The van der Waals surface area contributed by atoms with Gasteiger partial charge in [0, 0.05) is 22.2 Å². The van der Waals surface area contributed by atoms with Crippen LogP contribution in [0.5, 0.6) is 5.75 Å². The van der Waals surface area contributed by atoms with Gasteiger partial charge < -0.3 is 15.2 Å². The highest BCUT2D eigenvalue weighted by atomic mass is 127. The van der Waals surface area contributed by atoms with Gasteiger partial charge in [-0.3, -0.25) is 4.79 Å². The number of carboxylic acid groups (broad SMARTS) is 1. The summed E-state index contributed by atoms with van der Waals surface area (Å²) in [5.41, 5.74) is 1.49. The summed E-state index contributed by atoms with van der Waals surface area (Å²) in [7, 11) is 0. The predicted molar refractivity (Wildman–Crippen MR) is 136 cm³/mol. The number of hydrogen-bond acceptors (Lipinski definition) is 3. The lowest BCUT2D eigenvalue weighted by atomic mass is 9.72. The minimum atomic E-state index is -0.741. The number of carboxylic acids is 1. The van der Waals surface area contributed by atoms with Crippen LogP contribution in [-0.4, -0.2) is 23.7 Å². The molecule has 0 spiro atoms. The maximum absolute atomic E-state index is 11.4. The highest BCUT2D eigenvalue weighted by Gasteiger charge is 2.31. The minimum Gasteiger partial charge on any atom is -0.490 e. The van der Waals surface area contributed by atoms with Gasteiger partial charge in [-0.15, -0.1) is 0 Å². The van der Waals surface area contributed by atoms with Crippen LogP contribution in [0.25, 0.3) is 10.8 Å². The van der Waals surface area contributed by atoms with Crippen LogP contribution in [-0.2, 0) is 11.3 Å². The fourth-order valence-electron chi connectivity index (χ4n) is 4.66. The van der Waals surface area contributed by atoms with Gasteiger partial charge in [-0.05, 0) is 82.9 Å². The Bertz CT molecular complexity index is 897. The number of nitrogens with one attached hydrogen (secondary N) is 1. The van der Waals surface area contributed by atoms with E-state index in [2.05, 4.69) is 79.0 Å². The number of rotatable bonds is 8. The average Bonchev–Trinajstić information content (AvgIpc) is 2.72. The van der Waals surface area contributed by atoms with E-state index in [1.165, 1.54) is 27.2 Å². The van der Waals surface area contributed by atoms with Gasteiger partial charge in [0.05, 0.1) is 12.0 Å². The van der Waals surface area contributed by atoms with Gasteiger partial charge in [0.2, 0.25) is 0 Å². The molecule has 0 saturated heterocycles. The molecule has 0 bridgehead atoms. The third kappa shape index (κ3) is 6.13. The molecule has 1 unspecified atom stereocenters. The largest absolute Gasteiger partial charge is 0.490 e. The Morgan fingerprint density at radius 1 is 1.19 bits per heavy atom. The van der Waals surface area contributed by atoms with E-state index in [9.17, 15) is 9.90 Å². The van der Waals surface area contributed by atoms with Crippen molar-refractivity contribution in [2.45, 2.75) is 72.4 Å². The zero-order valence-electron chi connectivity index (χ0n) is 19.2. The molecule has 0 amide bonds. The summed E-state index contributed by atoms with van der Waals surface area (Å²) in [5, 5.41) is 15.1. The summed E-state index contributed by atoms with van der Waals surface area (Å²) in [6.45, 7) is 10.0. The molecule has 170 valence electrons. The topological polar surface area (TPSA) is 58.6 Å². The van der Waals surface area contributed by atoms with E-state index < -0.39 is 5.97 Å². The molecule has 0 aromatic heterocycles. The molecule has 1 fully saturated rings. The van der Waals surface area contributed by atoms with Crippen molar-refractivity contribution in [3.8, 4) is 5.75 Å². The number of aliphatic carboxylic acids is 1. The molecule has 2 aromatic rings. The van der Waals surface area contributed by atoms with Crippen molar-refractivity contribution in [1.29, 1.82) is 0 Å². The zero-order chi connectivity index (χ0) is 22.6. The van der Waals surface area contributed by atoms with Crippen molar-refractivity contribution < 1.29 is 14.6 Å². The molecule has 1 atom stereocenters. The van der Waals surface area contributed by atoms with Crippen LogP contribution in [0.4, 0.5) is 0 Å². The van der Waals surface area contributed by atoms with E-state index in [0.29, 0.717) is 24.9 Å². The molecule has 0 aliphatic heterocycles. The lowest BCUT2D eigenvalue weighted by molar-refractivity contribution is -0.141. The average molecular weight is 537 g/mol. The second-order valence-corrected chi connectivity index (χ2v) is 11.1. The lowest BCUT2D eigenvalue weighted by Gasteiger charge is -2.37. The highest BCUT2D eigenvalue weighted by Crippen LogP contribution is 2.40. The van der Waals surface area contributed by atoms with Crippen molar-refractivity contribution in [2.24, 2.45) is 17.3 Å².